The van der Waals surface area contributed by atoms with Crippen LogP contribution in [0.25, 0.3) is 0 Å². The van der Waals surface area contributed by atoms with Gasteiger partial charge in [0.2, 0.25) is 15.0 Å². The van der Waals surface area contributed by atoms with Crippen molar-refractivity contribution in [3.63, 3.8) is 0 Å². The van der Waals surface area contributed by atoms with E-state index in [2.05, 4.69) is 28.7 Å². The number of hydrogen-bond donors (Lipinski definition) is 0. The quantitative estimate of drug-likeness (QED) is 0.768. The summed E-state index contributed by atoms with van der Waals surface area (Å²) in [5.74, 6) is 1.37. The van der Waals surface area contributed by atoms with Crippen LogP contribution in [0, 0.1) is 5.92 Å². The van der Waals surface area contributed by atoms with Crippen LogP contribution in [0.4, 0.5) is 0 Å². The normalized spacial score (nSPS) is 16.2. The van der Waals surface area contributed by atoms with Crippen LogP contribution in [0.5, 0.6) is 0 Å². The van der Waals surface area contributed by atoms with Crippen molar-refractivity contribution in [1.82, 2.24) is 14.9 Å². The molecule has 99 valence electrons. The average Bonchev–Trinajstić information content (AvgIpc) is 2.68. The minimum absolute atomic E-state index is 0.0390. The lowest BCUT2D eigenvalue weighted by molar-refractivity contribution is 0.294. The van der Waals surface area contributed by atoms with Crippen molar-refractivity contribution in [2.75, 3.05) is 12.3 Å². The van der Waals surface area contributed by atoms with Crippen molar-refractivity contribution in [2.24, 2.45) is 0 Å². The zero-order valence-electron chi connectivity index (χ0n) is 11.0. The molecule has 1 aromatic heterocycles. The molecule has 6 heteroatoms. The number of fused-ring (bicyclic) bond motifs is 1. The van der Waals surface area contributed by atoms with E-state index in [1.807, 2.05) is 0 Å². The molecule has 0 aliphatic carbocycles. The zero-order valence-corrected chi connectivity index (χ0v) is 11.8. The maximum absolute atomic E-state index is 11.7. The fourth-order valence-corrected chi connectivity index (χ4v) is 2.76. The summed E-state index contributed by atoms with van der Waals surface area (Å²) in [5.41, 5.74) is 1.88. The van der Waals surface area contributed by atoms with E-state index in [0.29, 0.717) is 6.54 Å². The largest absolute Gasteiger partial charge is 0.293 e. The van der Waals surface area contributed by atoms with Crippen LogP contribution >= 0.6 is 0 Å². The lowest BCUT2D eigenvalue weighted by Crippen LogP contribution is -2.20. The molecular formula is C12H18N3O2S. The molecule has 0 atom stereocenters. The highest BCUT2D eigenvalue weighted by Crippen LogP contribution is 2.22. The van der Waals surface area contributed by atoms with Gasteiger partial charge < -0.3 is 0 Å². The molecule has 1 aliphatic rings. The van der Waals surface area contributed by atoms with Crippen molar-refractivity contribution < 1.29 is 8.42 Å². The third-order valence-corrected chi connectivity index (χ3v) is 4.41. The molecule has 0 saturated heterocycles. The Balaban J connectivity index is 2.23. The second kappa shape index (κ2) is 4.93. The van der Waals surface area contributed by atoms with E-state index >= 15 is 0 Å². The van der Waals surface area contributed by atoms with Crippen LogP contribution in [0.2, 0.25) is 0 Å². The number of aromatic nitrogens is 2. The topological polar surface area (TPSA) is 63.2 Å². The number of sulfone groups is 1. The molecule has 0 spiro atoms. The molecule has 0 bridgehead atoms. The molecule has 0 N–H and O–H groups in total. The number of nitrogens with zero attached hydrogens (tertiary/aromatic N) is 3. The van der Waals surface area contributed by atoms with Crippen LogP contribution in [-0.4, -0.2) is 35.6 Å². The molecule has 1 aromatic rings. The summed E-state index contributed by atoms with van der Waals surface area (Å²) >= 11 is 0. The fraction of sp³-hybridized carbons (Fsp3) is 0.583. The first-order valence-electron chi connectivity index (χ1n) is 6.01. The van der Waals surface area contributed by atoms with Crippen LogP contribution in [0.1, 0.15) is 32.0 Å². The summed E-state index contributed by atoms with van der Waals surface area (Å²) in [5, 5.41) is -0.0391. The van der Waals surface area contributed by atoms with E-state index in [1.165, 1.54) is 5.92 Å². The van der Waals surface area contributed by atoms with E-state index in [9.17, 15) is 8.42 Å². The predicted octanol–water partition coefficient (Wildman–Crippen LogP) is 1.20. The van der Waals surface area contributed by atoms with Crippen LogP contribution in [0.3, 0.4) is 0 Å². The van der Waals surface area contributed by atoms with Gasteiger partial charge in [0.1, 0.15) is 0 Å². The van der Waals surface area contributed by atoms with E-state index in [4.69, 9.17) is 0 Å². The highest BCUT2D eigenvalue weighted by Gasteiger charge is 2.24. The predicted molar refractivity (Wildman–Crippen MR) is 68.5 cm³/mol. The lowest BCUT2D eigenvalue weighted by atomic mass is 10.2. The summed E-state index contributed by atoms with van der Waals surface area (Å²) < 4.78 is 23.4. The summed E-state index contributed by atoms with van der Waals surface area (Å²) in [6.07, 6.45) is 1.65. The highest BCUT2D eigenvalue weighted by atomic mass is 32.2. The van der Waals surface area contributed by atoms with Gasteiger partial charge in [0, 0.05) is 31.4 Å². The average molecular weight is 268 g/mol. The van der Waals surface area contributed by atoms with E-state index in [1.54, 1.807) is 13.1 Å². The van der Waals surface area contributed by atoms with Gasteiger partial charge in [-0.3, -0.25) is 4.90 Å². The molecule has 0 fully saturated rings. The van der Waals surface area contributed by atoms with E-state index < -0.39 is 9.84 Å². The Morgan fingerprint density at radius 3 is 2.72 bits per heavy atom. The minimum atomic E-state index is -3.31. The molecule has 18 heavy (non-hydrogen) atoms. The molecule has 1 radical (unpaired) electrons. The second-order valence-corrected chi connectivity index (χ2v) is 7.05. The molecular weight excluding hydrogens is 250 g/mol. The van der Waals surface area contributed by atoms with Crippen molar-refractivity contribution in [2.45, 2.75) is 39.0 Å². The Morgan fingerprint density at radius 1 is 1.39 bits per heavy atom. The zero-order chi connectivity index (χ0) is 13.3. The van der Waals surface area contributed by atoms with E-state index in [0.717, 1.165) is 24.3 Å². The summed E-state index contributed by atoms with van der Waals surface area (Å²) in [6.45, 7) is 8.19. The van der Waals surface area contributed by atoms with Gasteiger partial charge >= 0.3 is 0 Å². The van der Waals surface area contributed by atoms with Gasteiger partial charge in [-0.05, 0) is 5.92 Å². The van der Waals surface area contributed by atoms with Gasteiger partial charge in [-0.2, -0.15) is 0 Å². The van der Waals surface area contributed by atoms with Gasteiger partial charge in [0.25, 0.3) is 0 Å². The van der Waals surface area contributed by atoms with Crippen molar-refractivity contribution >= 4 is 9.84 Å². The van der Waals surface area contributed by atoms with Gasteiger partial charge in [-0.1, -0.05) is 20.8 Å². The van der Waals surface area contributed by atoms with E-state index in [-0.39, 0.29) is 10.9 Å². The fourth-order valence-electron chi connectivity index (χ4n) is 2.04. The number of hydrogen-bond acceptors (Lipinski definition) is 5. The SMILES string of the molecule is CCS(=O)(=O)c1ncc2c(n1)CN(C[C](C)C)C2. The van der Waals surface area contributed by atoms with Gasteiger partial charge in [-0.25, -0.2) is 18.4 Å². The molecule has 5 nitrogen and oxygen atoms in total. The second-order valence-electron chi connectivity index (χ2n) is 4.88. The Morgan fingerprint density at radius 2 is 2.11 bits per heavy atom. The minimum Gasteiger partial charge on any atom is -0.293 e. The smallest absolute Gasteiger partial charge is 0.247 e. The lowest BCUT2D eigenvalue weighted by Gasteiger charge is -2.15. The molecule has 2 heterocycles. The Bertz CT molecular complexity index is 540. The Hall–Kier alpha value is -1.01. The summed E-state index contributed by atoms with van der Waals surface area (Å²) in [7, 11) is -3.31. The first-order chi connectivity index (χ1) is 8.42. The molecule has 0 unspecified atom stereocenters. The van der Waals surface area contributed by atoms with Crippen LogP contribution in [0.15, 0.2) is 11.4 Å². The summed E-state index contributed by atoms with van der Waals surface area (Å²) in [6, 6.07) is 0. The molecule has 1 aliphatic heterocycles. The summed E-state index contributed by atoms with van der Waals surface area (Å²) in [4.78, 5) is 10.4. The van der Waals surface area contributed by atoms with Gasteiger partial charge in [0.05, 0.1) is 11.4 Å². The monoisotopic (exact) mass is 268 g/mol. The Labute approximate surface area is 108 Å². The standard InChI is InChI=1S/C12H18N3O2S/c1-4-18(16,17)12-13-5-10-7-15(6-9(2)3)8-11(10)14-12/h5H,4,6-8H2,1-3H3. The maximum Gasteiger partial charge on any atom is 0.247 e. The maximum atomic E-state index is 11.7. The Kier molecular flexibility index (Phi) is 3.68. The number of rotatable bonds is 4. The van der Waals surface area contributed by atoms with Gasteiger partial charge in [0.15, 0.2) is 0 Å². The third kappa shape index (κ3) is 2.70. The molecule has 0 saturated carbocycles. The van der Waals surface area contributed by atoms with Crippen molar-refractivity contribution in [3.8, 4) is 0 Å². The van der Waals surface area contributed by atoms with Crippen molar-refractivity contribution in [3.05, 3.63) is 23.4 Å². The third-order valence-electron chi connectivity index (χ3n) is 2.90. The molecule has 0 amide bonds. The highest BCUT2D eigenvalue weighted by molar-refractivity contribution is 7.91. The first kappa shape index (κ1) is 13.4. The van der Waals surface area contributed by atoms with Crippen molar-refractivity contribution in [1.29, 1.82) is 0 Å². The van der Waals surface area contributed by atoms with Crippen LogP contribution < -0.4 is 0 Å². The molecule has 2 rings (SSSR count). The first-order valence-corrected chi connectivity index (χ1v) is 7.66. The van der Waals surface area contributed by atoms with Gasteiger partial charge in [-0.15, -0.1) is 0 Å². The molecule has 0 aromatic carbocycles. The van der Waals surface area contributed by atoms with Crippen LogP contribution in [-0.2, 0) is 22.9 Å².